The molecular weight excluding hydrogens is 350 g/mol. The number of carbonyl (C=O) groups excluding carboxylic acids is 1. The first kappa shape index (κ1) is 18.9. The van der Waals surface area contributed by atoms with Crippen molar-refractivity contribution >= 4 is 11.7 Å². The topological polar surface area (TPSA) is 42.9 Å². The second kappa shape index (κ2) is 9.17. The molecule has 0 saturated carbocycles. The molecule has 3 heterocycles. The fraction of sp³-hybridized carbons (Fsp3) is 0.455. The largest absolute Gasteiger partial charge is 0.354 e. The molecule has 2 aliphatic rings. The summed E-state index contributed by atoms with van der Waals surface area (Å²) in [5.74, 6) is 1.30. The standard InChI is InChI=1S/C22H29N5O/c28-22(19-25-10-14-26(15-11-25)21-8-4-5-9-23-21)27-16-12-24(13-17-27)18-20-6-2-1-3-7-20/h1-9H,10-19H2. The lowest BCUT2D eigenvalue weighted by Crippen LogP contribution is -2.53. The Bertz CT molecular complexity index is 738. The van der Waals surface area contributed by atoms with Crippen LogP contribution >= 0.6 is 0 Å². The Kier molecular flexibility index (Phi) is 6.19. The summed E-state index contributed by atoms with van der Waals surface area (Å²) in [7, 11) is 0. The number of benzene rings is 1. The van der Waals surface area contributed by atoms with Crippen LogP contribution in [0.2, 0.25) is 0 Å². The maximum atomic E-state index is 12.7. The lowest BCUT2D eigenvalue weighted by atomic mass is 10.2. The van der Waals surface area contributed by atoms with Crippen molar-refractivity contribution in [3.05, 3.63) is 60.3 Å². The van der Waals surface area contributed by atoms with Gasteiger partial charge in [-0.15, -0.1) is 0 Å². The van der Waals surface area contributed by atoms with E-state index < -0.39 is 0 Å². The molecule has 2 aromatic rings. The fourth-order valence-corrected chi connectivity index (χ4v) is 3.96. The zero-order valence-corrected chi connectivity index (χ0v) is 16.4. The van der Waals surface area contributed by atoms with Crippen molar-refractivity contribution in [1.82, 2.24) is 19.7 Å². The maximum Gasteiger partial charge on any atom is 0.236 e. The lowest BCUT2D eigenvalue weighted by Gasteiger charge is -2.38. The summed E-state index contributed by atoms with van der Waals surface area (Å²) in [6, 6.07) is 16.6. The van der Waals surface area contributed by atoms with Crippen LogP contribution in [0.5, 0.6) is 0 Å². The number of pyridine rings is 1. The van der Waals surface area contributed by atoms with Crippen LogP contribution in [0.4, 0.5) is 5.82 Å². The van der Waals surface area contributed by atoms with Crippen molar-refractivity contribution in [3.63, 3.8) is 0 Å². The van der Waals surface area contributed by atoms with Gasteiger partial charge >= 0.3 is 0 Å². The average Bonchev–Trinajstić information content (AvgIpc) is 2.76. The minimum absolute atomic E-state index is 0.269. The molecular formula is C22H29N5O. The van der Waals surface area contributed by atoms with Crippen LogP contribution in [-0.2, 0) is 11.3 Å². The predicted octanol–water partition coefficient (Wildman–Crippen LogP) is 1.55. The average molecular weight is 380 g/mol. The highest BCUT2D eigenvalue weighted by molar-refractivity contribution is 5.78. The number of piperazine rings is 2. The minimum atomic E-state index is 0.269. The Hall–Kier alpha value is -2.44. The lowest BCUT2D eigenvalue weighted by molar-refractivity contribution is -0.134. The van der Waals surface area contributed by atoms with E-state index in [4.69, 9.17) is 0 Å². The molecule has 6 heteroatoms. The summed E-state index contributed by atoms with van der Waals surface area (Å²) in [6.45, 7) is 8.76. The number of hydrogen-bond acceptors (Lipinski definition) is 5. The van der Waals surface area contributed by atoms with Crippen molar-refractivity contribution in [2.45, 2.75) is 6.54 Å². The molecule has 0 radical (unpaired) electrons. The van der Waals surface area contributed by atoms with E-state index in [1.54, 1.807) is 0 Å². The van der Waals surface area contributed by atoms with Crippen LogP contribution in [0.25, 0.3) is 0 Å². The monoisotopic (exact) mass is 379 g/mol. The number of rotatable bonds is 5. The second-order valence-electron chi connectivity index (χ2n) is 7.59. The van der Waals surface area contributed by atoms with E-state index >= 15 is 0 Å². The summed E-state index contributed by atoms with van der Waals surface area (Å²) >= 11 is 0. The van der Waals surface area contributed by atoms with E-state index in [1.165, 1.54) is 5.56 Å². The number of anilines is 1. The molecule has 1 amide bonds. The van der Waals surface area contributed by atoms with Gasteiger partial charge < -0.3 is 9.80 Å². The molecule has 6 nitrogen and oxygen atoms in total. The van der Waals surface area contributed by atoms with E-state index in [0.29, 0.717) is 6.54 Å². The van der Waals surface area contributed by atoms with Gasteiger partial charge in [-0.1, -0.05) is 36.4 Å². The molecule has 0 unspecified atom stereocenters. The van der Waals surface area contributed by atoms with Gasteiger partial charge in [0.25, 0.3) is 0 Å². The van der Waals surface area contributed by atoms with E-state index in [-0.39, 0.29) is 5.91 Å². The Morgan fingerprint density at radius 1 is 0.786 bits per heavy atom. The molecule has 0 aliphatic carbocycles. The number of hydrogen-bond donors (Lipinski definition) is 0. The third kappa shape index (κ3) is 4.88. The van der Waals surface area contributed by atoms with Crippen molar-refractivity contribution in [2.24, 2.45) is 0 Å². The zero-order chi connectivity index (χ0) is 19.2. The van der Waals surface area contributed by atoms with Gasteiger partial charge in [-0.3, -0.25) is 14.6 Å². The smallest absolute Gasteiger partial charge is 0.236 e. The molecule has 0 spiro atoms. The molecule has 4 rings (SSSR count). The van der Waals surface area contributed by atoms with Crippen molar-refractivity contribution in [2.75, 3.05) is 63.8 Å². The van der Waals surface area contributed by atoms with E-state index in [0.717, 1.165) is 64.7 Å². The van der Waals surface area contributed by atoms with Gasteiger partial charge in [0.2, 0.25) is 5.91 Å². The Morgan fingerprint density at radius 3 is 2.14 bits per heavy atom. The van der Waals surface area contributed by atoms with Crippen molar-refractivity contribution in [3.8, 4) is 0 Å². The maximum absolute atomic E-state index is 12.7. The third-order valence-corrected chi connectivity index (χ3v) is 5.68. The molecule has 2 fully saturated rings. The van der Waals surface area contributed by atoms with Crippen molar-refractivity contribution in [1.29, 1.82) is 0 Å². The number of carbonyl (C=O) groups is 1. The van der Waals surface area contributed by atoms with Gasteiger partial charge in [-0.2, -0.15) is 0 Å². The minimum Gasteiger partial charge on any atom is -0.354 e. The predicted molar refractivity (Wildman–Crippen MR) is 111 cm³/mol. The highest BCUT2D eigenvalue weighted by atomic mass is 16.2. The van der Waals surface area contributed by atoms with Crippen LogP contribution in [0.1, 0.15) is 5.56 Å². The van der Waals surface area contributed by atoms with Gasteiger partial charge in [0, 0.05) is 65.1 Å². The molecule has 28 heavy (non-hydrogen) atoms. The van der Waals surface area contributed by atoms with Crippen LogP contribution < -0.4 is 4.90 Å². The number of nitrogens with zero attached hydrogens (tertiary/aromatic N) is 5. The number of amides is 1. The van der Waals surface area contributed by atoms with E-state index in [2.05, 4.69) is 56.1 Å². The van der Waals surface area contributed by atoms with Crippen LogP contribution in [-0.4, -0.2) is 84.5 Å². The first-order valence-electron chi connectivity index (χ1n) is 10.2. The van der Waals surface area contributed by atoms with Crippen LogP contribution in [0, 0.1) is 0 Å². The quantitative estimate of drug-likeness (QED) is 0.789. The Morgan fingerprint density at radius 2 is 1.46 bits per heavy atom. The Labute approximate surface area is 167 Å². The first-order valence-corrected chi connectivity index (χ1v) is 10.2. The van der Waals surface area contributed by atoms with Gasteiger partial charge in [0.15, 0.2) is 0 Å². The second-order valence-corrected chi connectivity index (χ2v) is 7.59. The normalized spacial score (nSPS) is 19.0. The summed E-state index contributed by atoms with van der Waals surface area (Å²) < 4.78 is 0. The van der Waals surface area contributed by atoms with Gasteiger partial charge in [-0.05, 0) is 17.7 Å². The zero-order valence-electron chi connectivity index (χ0n) is 16.4. The van der Waals surface area contributed by atoms with Gasteiger partial charge in [-0.25, -0.2) is 4.98 Å². The molecule has 0 N–H and O–H groups in total. The fourth-order valence-electron chi connectivity index (χ4n) is 3.96. The van der Waals surface area contributed by atoms with E-state index in [1.807, 2.05) is 23.2 Å². The highest BCUT2D eigenvalue weighted by Crippen LogP contribution is 2.13. The van der Waals surface area contributed by atoms with Gasteiger partial charge in [0.05, 0.1) is 6.54 Å². The van der Waals surface area contributed by atoms with Crippen molar-refractivity contribution < 1.29 is 4.79 Å². The summed E-state index contributed by atoms with van der Waals surface area (Å²) in [5, 5.41) is 0. The highest BCUT2D eigenvalue weighted by Gasteiger charge is 2.25. The number of aromatic nitrogens is 1. The molecule has 2 aliphatic heterocycles. The molecule has 2 saturated heterocycles. The molecule has 1 aromatic heterocycles. The molecule has 0 bridgehead atoms. The summed E-state index contributed by atoms with van der Waals surface area (Å²) in [5.41, 5.74) is 1.34. The Balaban J connectivity index is 1.19. The SMILES string of the molecule is O=C(CN1CCN(c2ccccn2)CC1)N1CCN(Cc2ccccc2)CC1. The van der Waals surface area contributed by atoms with Gasteiger partial charge in [0.1, 0.15) is 5.82 Å². The van der Waals surface area contributed by atoms with Crippen LogP contribution in [0.3, 0.4) is 0 Å². The molecule has 148 valence electrons. The third-order valence-electron chi connectivity index (χ3n) is 5.68. The molecule has 1 aromatic carbocycles. The van der Waals surface area contributed by atoms with E-state index in [9.17, 15) is 4.79 Å². The summed E-state index contributed by atoms with van der Waals surface area (Å²) in [6.07, 6.45) is 1.84. The summed E-state index contributed by atoms with van der Waals surface area (Å²) in [4.78, 5) is 26.2. The van der Waals surface area contributed by atoms with Crippen LogP contribution in [0.15, 0.2) is 54.7 Å². The molecule has 0 atom stereocenters. The first-order chi connectivity index (χ1) is 13.8.